The SMILES string of the molecule is FC(F)c1nnc(-c2ccnnc2)o1. The first-order valence-corrected chi connectivity index (χ1v) is 3.66. The Labute approximate surface area is 76.8 Å². The Morgan fingerprint density at radius 1 is 1.21 bits per heavy atom. The van der Waals surface area contributed by atoms with Crippen molar-refractivity contribution in [2.45, 2.75) is 6.43 Å². The molecule has 2 aromatic rings. The van der Waals surface area contributed by atoms with Gasteiger partial charge < -0.3 is 4.42 Å². The van der Waals surface area contributed by atoms with E-state index in [1.165, 1.54) is 18.5 Å². The van der Waals surface area contributed by atoms with Crippen LogP contribution in [0.15, 0.2) is 22.9 Å². The van der Waals surface area contributed by atoms with Crippen molar-refractivity contribution < 1.29 is 13.2 Å². The van der Waals surface area contributed by atoms with Gasteiger partial charge >= 0.3 is 6.43 Å². The van der Waals surface area contributed by atoms with E-state index >= 15 is 0 Å². The minimum absolute atomic E-state index is 0.00944. The zero-order valence-electron chi connectivity index (χ0n) is 6.76. The van der Waals surface area contributed by atoms with Gasteiger partial charge in [-0.25, -0.2) is 0 Å². The van der Waals surface area contributed by atoms with Crippen molar-refractivity contribution in [3.05, 3.63) is 24.4 Å². The second-order valence-corrected chi connectivity index (χ2v) is 2.38. The van der Waals surface area contributed by atoms with Crippen LogP contribution in [0.2, 0.25) is 0 Å². The molecule has 0 atom stereocenters. The summed E-state index contributed by atoms with van der Waals surface area (Å²) in [5, 5.41) is 13.7. The number of hydrogen-bond donors (Lipinski definition) is 0. The van der Waals surface area contributed by atoms with Crippen LogP contribution in [-0.4, -0.2) is 20.4 Å². The van der Waals surface area contributed by atoms with Crippen LogP contribution in [0, 0.1) is 0 Å². The molecule has 0 amide bonds. The molecule has 0 spiro atoms. The highest BCUT2D eigenvalue weighted by Gasteiger charge is 2.16. The van der Waals surface area contributed by atoms with Crippen molar-refractivity contribution in [3.8, 4) is 11.5 Å². The molecule has 0 aliphatic rings. The maximum Gasteiger partial charge on any atom is 0.314 e. The second-order valence-electron chi connectivity index (χ2n) is 2.38. The fourth-order valence-corrected chi connectivity index (χ4v) is 0.857. The summed E-state index contributed by atoms with van der Waals surface area (Å²) in [7, 11) is 0. The van der Waals surface area contributed by atoms with Crippen molar-refractivity contribution in [2.75, 3.05) is 0 Å². The number of rotatable bonds is 2. The third kappa shape index (κ3) is 1.56. The molecule has 0 bridgehead atoms. The van der Waals surface area contributed by atoms with E-state index in [9.17, 15) is 8.78 Å². The summed E-state index contributed by atoms with van der Waals surface area (Å²) in [6.45, 7) is 0. The Balaban J connectivity index is 2.34. The molecule has 72 valence electrons. The zero-order chi connectivity index (χ0) is 9.97. The summed E-state index contributed by atoms with van der Waals surface area (Å²) in [5.41, 5.74) is 0.458. The molecule has 0 unspecified atom stereocenters. The van der Waals surface area contributed by atoms with Gasteiger partial charge in [0, 0.05) is 0 Å². The normalized spacial score (nSPS) is 10.8. The maximum atomic E-state index is 12.1. The first-order valence-electron chi connectivity index (χ1n) is 3.66. The molecule has 0 saturated carbocycles. The van der Waals surface area contributed by atoms with E-state index in [4.69, 9.17) is 4.42 Å². The van der Waals surface area contributed by atoms with Crippen LogP contribution in [-0.2, 0) is 0 Å². The van der Waals surface area contributed by atoms with E-state index in [1.54, 1.807) is 0 Å². The third-order valence-corrected chi connectivity index (χ3v) is 1.46. The van der Waals surface area contributed by atoms with Crippen molar-refractivity contribution in [1.82, 2.24) is 20.4 Å². The molecule has 0 radical (unpaired) electrons. The fourth-order valence-electron chi connectivity index (χ4n) is 0.857. The molecule has 0 aromatic carbocycles. The predicted octanol–water partition coefficient (Wildman–Crippen LogP) is 1.46. The molecule has 14 heavy (non-hydrogen) atoms. The summed E-state index contributed by atoms with van der Waals surface area (Å²) >= 11 is 0. The Morgan fingerprint density at radius 2 is 2.07 bits per heavy atom. The van der Waals surface area contributed by atoms with Gasteiger partial charge in [-0.1, -0.05) is 0 Å². The Kier molecular flexibility index (Phi) is 2.13. The summed E-state index contributed by atoms with van der Waals surface area (Å²) in [6, 6.07) is 1.54. The van der Waals surface area contributed by atoms with E-state index in [-0.39, 0.29) is 5.89 Å². The predicted molar refractivity (Wildman–Crippen MR) is 40.3 cm³/mol. The Bertz CT molecular complexity index is 417. The van der Waals surface area contributed by atoms with Crippen molar-refractivity contribution in [2.24, 2.45) is 0 Å². The van der Waals surface area contributed by atoms with E-state index < -0.39 is 12.3 Å². The third-order valence-electron chi connectivity index (χ3n) is 1.46. The lowest BCUT2D eigenvalue weighted by atomic mass is 10.3. The first-order chi connectivity index (χ1) is 6.77. The lowest BCUT2D eigenvalue weighted by molar-refractivity contribution is 0.116. The van der Waals surface area contributed by atoms with Crippen LogP contribution in [0.4, 0.5) is 8.78 Å². The van der Waals surface area contributed by atoms with E-state index in [1.807, 2.05) is 0 Å². The van der Waals surface area contributed by atoms with Crippen LogP contribution in [0.3, 0.4) is 0 Å². The number of aromatic nitrogens is 4. The maximum absolute atomic E-state index is 12.1. The standard InChI is InChI=1S/C7H4F2N4O/c8-5(9)7-13-12-6(14-7)4-1-2-10-11-3-4/h1-3,5H. The molecule has 2 rings (SSSR count). The van der Waals surface area contributed by atoms with Gasteiger partial charge in [0.2, 0.25) is 5.89 Å². The number of halogens is 2. The number of alkyl halides is 2. The molecule has 2 heterocycles. The monoisotopic (exact) mass is 198 g/mol. The average Bonchev–Trinajstić information content (AvgIpc) is 2.68. The van der Waals surface area contributed by atoms with Crippen molar-refractivity contribution >= 4 is 0 Å². The zero-order valence-corrected chi connectivity index (χ0v) is 6.76. The molecule has 0 aliphatic carbocycles. The smallest absolute Gasteiger partial charge is 0.314 e. The topological polar surface area (TPSA) is 64.7 Å². The van der Waals surface area contributed by atoms with E-state index in [0.717, 1.165) is 0 Å². The van der Waals surface area contributed by atoms with Gasteiger partial charge in [0.15, 0.2) is 0 Å². The van der Waals surface area contributed by atoms with Crippen LogP contribution in [0.25, 0.3) is 11.5 Å². The van der Waals surface area contributed by atoms with Gasteiger partial charge in [-0.3, -0.25) is 0 Å². The Morgan fingerprint density at radius 3 is 2.64 bits per heavy atom. The minimum Gasteiger partial charge on any atom is -0.415 e. The highest BCUT2D eigenvalue weighted by molar-refractivity contribution is 5.49. The molecule has 0 fully saturated rings. The van der Waals surface area contributed by atoms with Gasteiger partial charge in [0.25, 0.3) is 5.89 Å². The van der Waals surface area contributed by atoms with Crippen molar-refractivity contribution in [3.63, 3.8) is 0 Å². The lowest BCUT2D eigenvalue weighted by Crippen LogP contribution is -1.81. The van der Waals surface area contributed by atoms with Gasteiger partial charge in [0.1, 0.15) is 0 Å². The van der Waals surface area contributed by atoms with Crippen molar-refractivity contribution in [1.29, 1.82) is 0 Å². The minimum atomic E-state index is -2.76. The second kappa shape index (κ2) is 3.44. The first kappa shape index (κ1) is 8.67. The van der Waals surface area contributed by atoms with Crippen LogP contribution in [0.5, 0.6) is 0 Å². The lowest BCUT2D eigenvalue weighted by Gasteiger charge is -1.90. The molecule has 0 saturated heterocycles. The van der Waals surface area contributed by atoms with E-state index in [0.29, 0.717) is 5.56 Å². The molecule has 2 aromatic heterocycles. The van der Waals surface area contributed by atoms with Gasteiger partial charge in [-0.2, -0.15) is 19.0 Å². The van der Waals surface area contributed by atoms with E-state index in [2.05, 4.69) is 20.4 Å². The molecular formula is C7H4F2N4O. The van der Waals surface area contributed by atoms with Gasteiger partial charge in [0.05, 0.1) is 18.0 Å². The highest BCUT2D eigenvalue weighted by Crippen LogP contribution is 2.21. The van der Waals surface area contributed by atoms with Gasteiger partial charge in [-0.05, 0) is 6.07 Å². The largest absolute Gasteiger partial charge is 0.415 e. The molecule has 7 heteroatoms. The number of nitrogens with zero attached hydrogens (tertiary/aromatic N) is 4. The van der Waals surface area contributed by atoms with Crippen LogP contribution < -0.4 is 0 Å². The summed E-state index contributed by atoms with van der Waals surface area (Å²) in [5.74, 6) is -0.688. The Hall–Kier alpha value is -1.92. The quantitative estimate of drug-likeness (QED) is 0.730. The molecule has 0 N–H and O–H groups in total. The molecule has 0 aliphatic heterocycles. The summed E-state index contributed by atoms with van der Waals surface area (Å²) in [6.07, 6.45) is -0.00398. The van der Waals surface area contributed by atoms with Gasteiger partial charge in [-0.15, -0.1) is 10.2 Å². The summed E-state index contributed by atoms with van der Waals surface area (Å²) in [4.78, 5) is 0. The van der Waals surface area contributed by atoms with Crippen LogP contribution >= 0.6 is 0 Å². The highest BCUT2D eigenvalue weighted by atomic mass is 19.3. The molecule has 5 nitrogen and oxygen atoms in total. The fraction of sp³-hybridized carbons (Fsp3) is 0.143. The average molecular weight is 198 g/mol. The van der Waals surface area contributed by atoms with Crippen LogP contribution in [0.1, 0.15) is 12.3 Å². The molecular weight excluding hydrogens is 194 g/mol. The number of hydrogen-bond acceptors (Lipinski definition) is 5. The summed E-state index contributed by atoms with van der Waals surface area (Å²) < 4.78 is 28.8.